The van der Waals surface area contributed by atoms with Crippen LogP contribution in [-0.2, 0) is 14.8 Å². The fourth-order valence-corrected chi connectivity index (χ4v) is 5.31. The highest BCUT2D eigenvalue weighted by molar-refractivity contribution is 7.88. The molecule has 3 aromatic rings. The molecule has 2 heterocycles. The summed E-state index contributed by atoms with van der Waals surface area (Å²) < 4.78 is 41.9. The highest BCUT2D eigenvalue weighted by Crippen LogP contribution is 2.41. The van der Waals surface area contributed by atoms with E-state index in [1.807, 2.05) is 44.2 Å². The minimum atomic E-state index is -3.25. The van der Waals surface area contributed by atoms with Gasteiger partial charge in [-0.25, -0.2) is 8.42 Å². The first kappa shape index (κ1) is 24.8. The minimum Gasteiger partial charge on any atom is -0.497 e. The molecule has 1 aliphatic heterocycles. The molecule has 2 aromatic carbocycles. The van der Waals surface area contributed by atoms with Crippen LogP contribution in [-0.4, -0.2) is 70.2 Å². The molecule has 0 N–H and O–H groups in total. The third kappa shape index (κ3) is 4.92. The highest BCUT2D eigenvalue weighted by atomic mass is 32.2. The number of aryl methyl sites for hydroxylation is 1. The van der Waals surface area contributed by atoms with Crippen molar-refractivity contribution in [3.63, 3.8) is 0 Å². The Morgan fingerprint density at radius 1 is 1.09 bits per heavy atom. The minimum absolute atomic E-state index is 0.157. The van der Waals surface area contributed by atoms with E-state index in [2.05, 4.69) is 0 Å². The Labute approximate surface area is 205 Å². The summed E-state index contributed by atoms with van der Waals surface area (Å²) in [6.45, 7) is 5.11. The second kappa shape index (κ2) is 9.75. The van der Waals surface area contributed by atoms with Crippen molar-refractivity contribution in [2.24, 2.45) is 0 Å². The van der Waals surface area contributed by atoms with E-state index in [-0.39, 0.29) is 5.91 Å². The summed E-state index contributed by atoms with van der Waals surface area (Å²) in [4.78, 5) is 14.7. The lowest BCUT2D eigenvalue weighted by atomic mass is 9.96. The van der Waals surface area contributed by atoms with E-state index < -0.39 is 10.0 Å². The molecule has 1 amide bonds. The van der Waals surface area contributed by atoms with Gasteiger partial charge in [0.1, 0.15) is 17.1 Å². The van der Waals surface area contributed by atoms with Gasteiger partial charge in [0, 0.05) is 54.3 Å². The van der Waals surface area contributed by atoms with Gasteiger partial charge in [-0.1, -0.05) is 12.1 Å². The number of carbonyl (C=O) groups is 1. The number of nitrogens with zero attached hydrogens (tertiary/aromatic N) is 2. The fraction of sp³-hybridized carbons (Fsp3) is 0.346. The molecule has 0 radical (unpaired) electrons. The molecule has 35 heavy (non-hydrogen) atoms. The molecular weight excluding hydrogens is 468 g/mol. The smallest absolute Gasteiger partial charge is 0.246 e. The number of benzene rings is 2. The molecule has 1 saturated heterocycles. The Balaban J connectivity index is 1.70. The zero-order valence-electron chi connectivity index (χ0n) is 20.6. The summed E-state index contributed by atoms with van der Waals surface area (Å²) in [5, 5.41) is 0.911. The number of furan rings is 1. The average molecular weight is 499 g/mol. The van der Waals surface area contributed by atoms with Gasteiger partial charge in [-0.3, -0.25) is 4.79 Å². The number of sulfonamides is 1. The number of hydrogen-bond donors (Lipinski definition) is 0. The van der Waals surface area contributed by atoms with E-state index in [1.165, 1.54) is 10.6 Å². The van der Waals surface area contributed by atoms with E-state index >= 15 is 0 Å². The van der Waals surface area contributed by atoms with Gasteiger partial charge in [-0.2, -0.15) is 4.31 Å². The van der Waals surface area contributed by atoms with E-state index in [9.17, 15) is 13.2 Å². The molecule has 4 rings (SSSR count). The Hall–Kier alpha value is -3.30. The van der Waals surface area contributed by atoms with Crippen LogP contribution in [0.25, 0.3) is 27.7 Å². The maximum Gasteiger partial charge on any atom is 0.246 e. The van der Waals surface area contributed by atoms with Crippen LogP contribution >= 0.6 is 0 Å². The van der Waals surface area contributed by atoms with Gasteiger partial charge in [0.05, 0.1) is 26.7 Å². The van der Waals surface area contributed by atoms with Crippen molar-refractivity contribution in [1.82, 2.24) is 9.21 Å². The Kier molecular flexibility index (Phi) is 6.91. The third-order valence-corrected chi connectivity index (χ3v) is 7.72. The van der Waals surface area contributed by atoms with Crippen molar-refractivity contribution >= 4 is 32.5 Å². The Morgan fingerprint density at radius 3 is 2.43 bits per heavy atom. The predicted octanol–water partition coefficient (Wildman–Crippen LogP) is 3.93. The number of piperazine rings is 1. The first-order valence-electron chi connectivity index (χ1n) is 11.3. The van der Waals surface area contributed by atoms with Crippen molar-refractivity contribution in [2.45, 2.75) is 13.8 Å². The van der Waals surface area contributed by atoms with Crippen LogP contribution in [0.1, 0.15) is 18.1 Å². The van der Waals surface area contributed by atoms with Crippen LogP contribution in [0.2, 0.25) is 0 Å². The van der Waals surface area contributed by atoms with Gasteiger partial charge in [0.15, 0.2) is 0 Å². The zero-order valence-corrected chi connectivity index (χ0v) is 21.4. The van der Waals surface area contributed by atoms with E-state index in [0.29, 0.717) is 31.9 Å². The lowest BCUT2D eigenvalue weighted by molar-refractivity contribution is -0.127. The molecule has 0 aliphatic carbocycles. The average Bonchev–Trinajstić information content (AvgIpc) is 3.28. The molecule has 0 saturated carbocycles. The van der Waals surface area contributed by atoms with Gasteiger partial charge >= 0.3 is 0 Å². The lowest BCUT2D eigenvalue weighted by Gasteiger charge is -2.32. The van der Waals surface area contributed by atoms with E-state index in [1.54, 1.807) is 31.5 Å². The molecule has 0 atom stereocenters. The second-order valence-electron chi connectivity index (χ2n) is 8.66. The number of methoxy groups -OCH3 is 2. The van der Waals surface area contributed by atoms with Crippen LogP contribution in [0.5, 0.6) is 11.5 Å². The first-order chi connectivity index (χ1) is 16.6. The summed E-state index contributed by atoms with van der Waals surface area (Å²) in [7, 11) is -0.0238. The number of hydrogen-bond acceptors (Lipinski definition) is 6. The molecule has 1 aromatic heterocycles. The molecule has 8 nitrogen and oxygen atoms in total. The third-order valence-electron chi connectivity index (χ3n) is 6.41. The molecule has 1 fully saturated rings. The first-order valence-corrected chi connectivity index (χ1v) is 13.1. The number of amides is 1. The summed E-state index contributed by atoms with van der Waals surface area (Å²) in [6, 6.07) is 9.75. The highest BCUT2D eigenvalue weighted by Gasteiger charge is 2.26. The number of carbonyl (C=O) groups excluding carboxylic acids is 1. The second-order valence-corrected chi connectivity index (χ2v) is 10.6. The van der Waals surface area contributed by atoms with Gasteiger partial charge in [-0.05, 0) is 43.2 Å². The maximum absolute atomic E-state index is 13.0. The molecule has 1 aliphatic rings. The number of ether oxygens (including phenoxy) is 2. The van der Waals surface area contributed by atoms with E-state index in [4.69, 9.17) is 13.9 Å². The van der Waals surface area contributed by atoms with Crippen molar-refractivity contribution in [3.05, 3.63) is 53.8 Å². The molecule has 186 valence electrons. The number of rotatable bonds is 6. The molecule has 0 bridgehead atoms. The summed E-state index contributed by atoms with van der Waals surface area (Å²) >= 11 is 0. The van der Waals surface area contributed by atoms with Crippen LogP contribution in [0.15, 0.2) is 47.1 Å². The molecule has 0 unspecified atom stereocenters. The van der Waals surface area contributed by atoms with Crippen molar-refractivity contribution in [1.29, 1.82) is 0 Å². The molecule has 0 spiro atoms. The SMILES string of the molecule is COc1cccc(-c2coc3c(C)c(OC)c(/C(C)=C/C(=O)N4CCN(S(C)(=O)=O)CC4)cc23)c1. The summed E-state index contributed by atoms with van der Waals surface area (Å²) in [5.41, 5.74) is 4.99. The Morgan fingerprint density at radius 2 is 1.80 bits per heavy atom. The van der Waals surface area contributed by atoms with Gasteiger partial charge in [0.25, 0.3) is 0 Å². The van der Waals surface area contributed by atoms with Crippen LogP contribution in [0.3, 0.4) is 0 Å². The standard InChI is InChI=1S/C26H30N2O6S/c1-17(13-24(29)27-9-11-28(12-10-27)35(5,30)31)21-15-22-23(19-7-6-8-20(14-19)32-3)16-34-26(22)18(2)25(21)33-4/h6-8,13-16H,9-12H2,1-5H3/b17-13+. The number of fused-ring (bicyclic) bond motifs is 1. The van der Waals surface area contributed by atoms with Gasteiger partial charge in [-0.15, -0.1) is 0 Å². The quantitative estimate of drug-likeness (QED) is 0.479. The molecular formula is C26H30N2O6S. The van der Waals surface area contributed by atoms with Gasteiger partial charge in [0.2, 0.25) is 15.9 Å². The number of allylic oxidation sites excluding steroid dienone is 1. The van der Waals surface area contributed by atoms with Crippen LogP contribution in [0.4, 0.5) is 0 Å². The normalized spacial score (nSPS) is 15.5. The maximum atomic E-state index is 13.0. The topological polar surface area (TPSA) is 89.3 Å². The van der Waals surface area contributed by atoms with Crippen LogP contribution < -0.4 is 9.47 Å². The summed E-state index contributed by atoms with van der Waals surface area (Å²) in [5.74, 6) is 1.24. The van der Waals surface area contributed by atoms with E-state index in [0.717, 1.165) is 44.5 Å². The van der Waals surface area contributed by atoms with Crippen molar-refractivity contribution < 1.29 is 27.1 Å². The zero-order chi connectivity index (χ0) is 25.3. The molecule has 9 heteroatoms. The lowest BCUT2D eigenvalue weighted by Crippen LogP contribution is -2.49. The predicted molar refractivity (Wildman–Crippen MR) is 136 cm³/mol. The van der Waals surface area contributed by atoms with Crippen LogP contribution in [0, 0.1) is 6.92 Å². The van der Waals surface area contributed by atoms with Crippen molar-refractivity contribution in [3.8, 4) is 22.6 Å². The van der Waals surface area contributed by atoms with Crippen molar-refractivity contribution in [2.75, 3.05) is 46.7 Å². The summed E-state index contributed by atoms with van der Waals surface area (Å²) in [6.07, 6.45) is 4.50. The fourth-order valence-electron chi connectivity index (χ4n) is 4.48. The Bertz CT molecular complexity index is 1400. The monoisotopic (exact) mass is 498 g/mol. The largest absolute Gasteiger partial charge is 0.497 e. The van der Waals surface area contributed by atoms with Gasteiger partial charge < -0.3 is 18.8 Å².